The Labute approximate surface area is 136 Å². The maximum atomic E-state index is 11.8. The molecule has 1 aromatic carbocycles. The van der Waals surface area contributed by atoms with Crippen molar-refractivity contribution in [3.05, 3.63) is 48.0 Å². The van der Waals surface area contributed by atoms with Gasteiger partial charge < -0.3 is 5.32 Å². The van der Waals surface area contributed by atoms with E-state index in [1.807, 2.05) is 25.2 Å². The second-order valence-electron chi connectivity index (χ2n) is 5.21. The van der Waals surface area contributed by atoms with Crippen molar-refractivity contribution >= 4 is 18.0 Å². The summed E-state index contributed by atoms with van der Waals surface area (Å²) >= 11 is 0. The van der Waals surface area contributed by atoms with Gasteiger partial charge in [-0.25, -0.2) is 4.99 Å². The van der Waals surface area contributed by atoms with Gasteiger partial charge in [-0.3, -0.25) is 14.5 Å². The molecule has 2 rings (SSSR count). The molecule has 1 aliphatic heterocycles. The van der Waals surface area contributed by atoms with Crippen LogP contribution in [0.2, 0.25) is 0 Å². The van der Waals surface area contributed by atoms with Gasteiger partial charge in [0.15, 0.2) is 0 Å². The van der Waals surface area contributed by atoms with Crippen LogP contribution in [0.1, 0.15) is 5.56 Å². The second-order valence-corrected chi connectivity index (χ2v) is 5.21. The van der Waals surface area contributed by atoms with Gasteiger partial charge in [-0.1, -0.05) is 48.2 Å². The van der Waals surface area contributed by atoms with Crippen molar-refractivity contribution < 1.29 is 9.59 Å². The third-order valence-corrected chi connectivity index (χ3v) is 3.26. The number of nitrogens with one attached hydrogen (secondary N) is 1. The minimum absolute atomic E-state index is 0.222. The van der Waals surface area contributed by atoms with Crippen LogP contribution in [0.25, 0.3) is 0 Å². The SMILES string of the molecule is CN(CC#CCNC(=O)C1C=CC=NC1=O)Cc1ccccc1. The molecule has 0 radical (unpaired) electrons. The molecule has 0 saturated carbocycles. The lowest BCUT2D eigenvalue weighted by Crippen LogP contribution is -2.34. The minimum atomic E-state index is -0.831. The lowest BCUT2D eigenvalue weighted by molar-refractivity contribution is -0.131. The highest BCUT2D eigenvalue weighted by Gasteiger charge is 2.23. The first-order valence-corrected chi connectivity index (χ1v) is 7.37. The molecule has 0 bridgehead atoms. The molecule has 2 amide bonds. The Kier molecular flexibility index (Phi) is 6.28. The summed E-state index contributed by atoms with van der Waals surface area (Å²) in [6.45, 7) is 1.65. The number of hydrogen-bond donors (Lipinski definition) is 1. The number of nitrogens with zero attached hydrogens (tertiary/aromatic N) is 2. The van der Waals surface area contributed by atoms with Crippen LogP contribution in [0.15, 0.2) is 47.5 Å². The number of rotatable bonds is 5. The standard InChI is InChI=1S/C18H19N3O2/c1-21(14-15-8-3-2-4-9-15)13-6-5-11-19-17(22)16-10-7-12-20-18(16)23/h2-4,7-10,12,16H,11,13-14H2,1H3,(H,19,22). The van der Waals surface area contributed by atoms with Crippen molar-refractivity contribution in [2.75, 3.05) is 20.1 Å². The molecule has 118 valence electrons. The first kappa shape index (κ1) is 16.7. The molecule has 1 atom stereocenters. The molecule has 0 fully saturated rings. The average molecular weight is 309 g/mol. The van der Waals surface area contributed by atoms with E-state index >= 15 is 0 Å². The van der Waals surface area contributed by atoms with Crippen LogP contribution in [-0.2, 0) is 16.1 Å². The van der Waals surface area contributed by atoms with Crippen molar-refractivity contribution in [3.63, 3.8) is 0 Å². The zero-order valence-electron chi connectivity index (χ0n) is 13.0. The molecule has 0 saturated heterocycles. The summed E-state index contributed by atoms with van der Waals surface area (Å²) in [5.41, 5.74) is 1.23. The summed E-state index contributed by atoms with van der Waals surface area (Å²) in [5, 5.41) is 2.63. The molecule has 5 nitrogen and oxygen atoms in total. The van der Waals surface area contributed by atoms with Crippen LogP contribution in [0, 0.1) is 17.8 Å². The molecule has 0 aliphatic carbocycles. The van der Waals surface area contributed by atoms with Crippen LogP contribution >= 0.6 is 0 Å². The van der Waals surface area contributed by atoms with Crippen LogP contribution < -0.4 is 5.32 Å². The molecule has 1 aromatic rings. The predicted molar refractivity (Wildman–Crippen MR) is 89.7 cm³/mol. The van der Waals surface area contributed by atoms with Gasteiger partial charge in [-0.15, -0.1) is 0 Å². The van der Waals surface area contributed by atoms with E-state index < -0.39 is 11.8 Å². The summed E-state index contributed by atoms with van der Waals surface area (Å²) < 4.78 is 0. The van der Waals surface area contributed by atoms with E-state index in [1.165, 1.54) is 17.9 Å². The second kappa shape index (κ2) is 8.66. The highest BCUT2D eigenvalue weighted by Crippen LogP contribution is 2.05. The fourth-order valence-corrected chi connectivity index (χ4v) is 2.09. The number of carbonyl (C=O) groups is 2. The van der Waals surface area contributed by atoms with E-state index in [1.54, 1.807) is 6.08 Å². The van der Waals surface area contributed by atoms with Gasteiger partial charge >= 0.3 is 0 Å². The van der Waals surface area contributed by atoms with E-state index in [0.717, 1.165) is 6.54 Å². The predicted octanol–water partition coefficient (Wildman–Crippen LogP) is 1.02. The quantitative estimate of drug-likeness (QED) is 0.652. The monoisotopic (exact) mass is 309 g/mol. The Bertz CT molecular complexity index is 669. The van der Waals surface area contributed by atoms with Crippen molar-refractivity contribution in [2.24, 2.45) is 10.9 Å². The molecule has 1 heterocycles. The maximum absolute atomic E-state index is 11.8. The molecule has 1 aliphatic rings. The number of allylic oxidation sites excluding steroid dienone is 1. The summed E-state index contributed by atoms with van der Waals surface area (Å²) in [5.74, 6) is 4.25. The lowest BCUT2D eigenvalue weighted by Gasteiger charge is -2.12. The van der Waals surface area contributed by atoms with Crippen LogP contribution in [0.5, 0.6) is 0 Å². The van der Waals surface area contributed by atoms with Gasteiger partial charge in [0.1, 0.15) is 5.92 Å². The van der Waals surface area contributed by atoms with E-state index in [2.05, 4.69) is 39.2 Å². The van der Waals surface area contributed by atoms with Crippen molar-refractivity contribution in [2.45, 2.75) is 6.54 Å². The topological polar surface area (TPSA) is 61.8 Å². The minimum Gasteiger partial charge on any atom is -0.344 e. The number of benzene rings is 1. The van der Waals surface area contributed by atoms with E-state index in [0.29, 0.717) is 6.54 Å². The number of aliphatic imine (C=N–C) groups is 1. The third-order valence-electron chi connectivity index (χ3n) is 3.26. The van der Waals surface area contributed by atoms with Crippen LogP contribution in [-0.4, -0.2) is 43.1 Å². The van der Waals surface area contributed by atoms with Crippen LogP contribution in [0.3, 0.4) is 0 Å². The summed E-state index contributed by atoms with van der Waals surface area (Å²) in [6, 6.07) is 10.1. The van der Waals surface area contributed by atoms with Crippen molar-refractivity contribution in [1.29, 1.82) is 0 Å². The van der Waals surface area contributed by atoms with Gasteiger partial charge in [0.05, 0.1) is 13.1 Å². The first-order valence-electron chi connectivity index (χ1n) is 7.37. The van der Waals surface area contributed by atoms with Gasteiger partial charge in [-0.2, -0.15) is 0 Å². The van der Waals surface area contributed by atoms with Gasteiger partial charge in [0.25, 0.3) is 5.91 Å². The van der Waals surface area contributed by atoms with Crippen LogP contribution in [0.4, 0.5) is 0 Å². The summed E-state index contributed by atoms with van der Waals surface area (Å²) in [6.07, 6.45) is 4.51. The Morgan fingerprint density at radius 2 is 2.09 bits per heavy atom. The fraction of sp³-hybridized carbons (Fsp3) is 0.278. The fourth-order valence-electron chi connectivity index (χ4n) is 2.09. The number of carbonyl (C=O) groups excluding carboxylic acids is 2. The van der Waals surface area contributed by atoms with Gasteiger partial charge in [-0.05, 0) is 18.7 Å². The summed E-state index contributed by atoms with van der Waals surface area (Å²) in [4.78, 5) is 28.9. The largest absolute Gasteiger partial charge is 0.344 e. The lowest BCUT2D eigenvalue weighted by atomic mass is 10.1. The molecule has 0 aromatic heterocycles. The van der Waals surface area contributed by atoms with E-state index in [4.69, 9.17) is 0 Å². The molecule has 0 spiro atoms. The maximum Gasteiger partial charge on any atom is 0.262 e. The normalized spacial score (nSPS) is 16.1. The van der Waals surface area contributed by atoms with Crippen molar-refractivity contribution in [3.8, 4) is 11.8 Å². The smallest absolute Gasteiger partial charge is 0.262 e. The number of dihydropyridines is 1. The zero-order valence-corrected chi connectivity index (χ0v) is 13.0. The number of hydrogen-bond acceptors (Lipinski definition) is 3. The Morgan fingerprint density at radius 3 is 2.83 bits per heavy atom. The molecule has 5 heteroatoms. The Balaban J connectivity index is 1.69. The Morgan fingerprint density at radius 1 is 1.30 bits per heavy atom. The number of amides is 2. The third kappa shape index (κ3) is 5.53. The average Bonchev–Trinajstić information content (AvgIpc) is 2.55. The molecule has 23 heavy (non-hydrogen) atoms. The molecular weight excluding hydrogens is 290 g/mol. The Hall–Kier alpha value is -2.71. The van der Waals surface area contributed by atoms with E-state index in [9.17, 15) is 9.59 Å². The molecule has 1 unspecified atom stereocenters. The van der Waals surface area contributed by atoms with Gasteiger partial charge in [0.2, 0.25) is 5.91 Å². The summed E-state index contributed by atoms with van der Waals surface area (Å²) in [7, 11) is 1.99. The highest BCUT2D eigenvalue weighted by molar-refractivity contribution is 6.07. The van der Waals surface area contributed by atoms with E-state index in [-0.39, 0.29) is 12.5 Å². The molecular formula is C18H19N3O2. The first-order chi connectivity index (χ1) is 11.2. The van der Waals surface area contributed by atoms with Crippen molar-refractivity contribution in [1.82, 2.24) is 10.2 Å². The highest BCUT2D eigenvalue weighted by atomic mass is 16.2. The molecule has 1 N–H and O–H groups in total. The zero-order chi connectivity index (χ0) is 16.5. The van der Waals surface area contributed by atoms with Gasteiger partial charge in [0, 0.05) is 12.8 Å².